The van der Waals surface area contributed by atoms with Crippen LogP contribution in [0.15, 0.2) is 84.0 Å². The highest BCUT2D eigenvalue weighted by Gasteiger charge is 2.28. The van der Waals surface area contributed by atoms with Crippen molar-refractivity contribution in [3.63, 3.8) is 0 Å². The minimum atomic E-state index is -4.04. The molecule has 44 heavy (non-hydrogen) atoms. The van der Waals surface area contributed by atoms with Gasteiger partial charge < -0.3 is 5.11 Å². The summed E-state index contributed by atoms with van der Waals surface area (Å²) in [5.41, 5.74) is 5.32. The fourth-order valence-electron chi connectivity index (χ4n) is 5.98. The molecule has 1 fully saturated rings. The lowest BCUT2D eigenvalue weighted by molar-refractivity contribution is 0.0668. The minimum Gasteiger partial charge on any atom is -0.392 e. The number of rotatable bonds is 8. The molecule has 6 rings (SSSR count). The molecule has 4 heterocycles. The number of nitrogens with zero attached hydrogens (tertiary/aromatic N) is 4. The lowest BCUT2D eigenvalue weighted by Crippen LogP contribution is -2.37. The monoisotopic (exact) mass is 616 g/mol. The molecule has 0 amide bonds. The Morgan fingerprint density at radius 3 is 2.30 bits per heavy atom. The van der Waals surface area contributed by atoms with Gasteiger partial charge >= 0.3 is 0 Å². The van der Waals surface area contributed by atoms with Crippen LogP contribution >= 0.6 is 0 Å². The van der Waals surface area contributed by atoms with Crippen LogP contribution in [-0.4, -0.2) is 51.6 Å². The lowest BCUT2D eigenvalue weighted by Gasteiger charge is -2.29. The van der Waals surface area contributed by atoms with Crippen LogP contribution in [0, 0.1) is 6.92 Å². The number of hydrogen-bond acceptors (Lipinski definition) is 6. The smallest absolute Gasteiger partial charge is 0.280 e. The second kappa shape index (κ2) is 12.2. The van der Waals surface area contributed by atoms with Crippen molar-refractivity contribution in [2.75, 3.05) is 13.1 Å². The number of halogens is 2. The average Bonchev–Trinajstić information content (AvgIpc) is 3.36. The van der Waals surface area contributed by atoms with Crippen molar-refractivity contribution in [2.24, 2.45) is 0 Å². The van der Waals surface area contributed by atoms with Crippen LogP contribution in [0.3, 0.4) is 0 Å². The largest absolute Gasteiger partial charge is 0.392 e. The van der Waals surface area contributed by atoms with Crippen molar-refractivity contribution in [1.82, 2.24) is 18.8 Å². The molecule has 228 valence electrons. The summed E-state index contributed by atoms with van der Waals surface area (Å²) in [6.45, 7) is 6.12. The third-order valence-electron chi connectivity index (χ3n) is 8.23. The summed E-state index contributed by atoms with van der Waals surface area (Å²) < 4.78 is 56.1. The second-order valence-corrected chi connectivity index (χ2v) is 13.1. The number of aromatic nitrogens is 3. The van der Waals surface area contributed by atoms with E-state index in [0.29, 0.717) is 35.2 Å². The molecule has 0 saturated carbocycles. The Bertz CT molecular complexity index is 1890. The van der Waals surface area contributed by atoms with Gasteiger partial charge in [-0.25, -0.2) is 26.2 Å². The first-order chi connectivity index (χ1) is 21.2. The van der Waals surface area contributed by atoms with E-state index in [4.69, 9.17) is 4.98 Å². The van der Waals surface area contributed by atoms with Crippen LogP contribution in [0.4, 0.5) is 8.78 Å². The first kappa shape index (κ1) is 30.1. The quantitative estimate of drug-likeness (QED) is 0.207. The van der Waals surface area contributed by atoms with E-state index in [1.807, 2.05) is 32.0 Å². The number of β-amino-alcohol motifs (C(OH)–C–C–N with tert-alkyl or cyclic N) is 1. The van der Waals surface area contributed by atoms with Crippen LogP contribution in [0.5, 0.6) is 0 Å². The number of piperidine rings is 1. The zero-order valence-electron chi connectivity index (χ0n) is 24.6. The van der Waals surface area contributed by atoms with E-state index in [-0.39, 0.29) is 22.3 Å². The Kier molecular flexibility index (Phi) is 8.32. The van der Waals surface area contributed by atoms with Gasteiger partial charge in [-0.05, 0) is 68.1 Å². The van der Waals surface area contributed by atoms with Crippen molar-refractivity contribution in [3.8, 4) is 22.3 Å². The molecule has 0 radical (unpaired) electrons. The summed E-state index contributed by atoms with van der Waals surface area (Å²) in [5.74, 6) is 0. The Morgan fingerprint density at radius 1 is 0.955 bits per heavy atom. The Hall–Kier alpha value is -3.99. The number of benzene rings is 2. The fourth-order valence-corrected chi connectivity index (χ4v) is 7.56. The summed E-state index contributed by atoms with van der Waals surface area (Å²) in [6, 6.07) is 19.5. The third-order valence-corrected chi connectivity index (χ3v) is 9.97. The topological polar surface area (TPSA) is 88.3 Å². The van der Waals surface area contributed by atoms with Gasteiger partial charge in [-0.2, -0.15) is 0 Å². The van der Waals surface area contributed by atoms with Gasteiger partial charge in [-0.15, -0.1) is 0 Å². The van der Waals surface area contributed by atoms with Gasteiger partial charge in [-0.3, -0.25) is 9.88 Å². The maximum absolute atomic E-state index is 14.1. The zero-order chi connectivity index (χ0) is 31.0. The molecule has 7 nitrogen and oxygen atoms in total. The fraction of sp³-hybridized carbons (Fsp3) is 0.294. The predicted octanol–water partition coefficient (Wildman–Crippen LogP) is 6.77. The van der Waals surface area contributed by atoms with Crippen LogP contribution in [0.25, 0.3) is 33.3 Å². The molecule has 2 aromatic carbocycles. The molecule has 10 heteroatoms. The summed E-state index contributed by atoms with van der Waals surface area (Å²) in [4.78, 5) is 11.1. The maximum Gasteiger partial charge on any atom is 0.280 e. The molecule has 1 unspecified atom stereocenters. The lowest BCUT2D eigenvalue weighted by atomic mass is 9.99. The highest BCUT2D eigenvalue weighted by molar-refractivity contribution is 7.90. The zero-order valence-corrected chi connectivity index (χ0v) is 25.4. The number of alkyl halides is 2. The van der Waals surface area contributed by atoms with E-state index >= 15 is 0 Å². The highest BCUT2D eigenvalue weighted by atomic mass is 32.2. The number of fused-ring (bicyclic) bond motifs is 1. The molecule has 1 aliphatic heterocycles. The minimum absolute atomic E-state index is 0.134. The van der Waals surface area contributed by atoms with Crippen molar-refractivity contribution in [3.05, 3.63) is 102 Å². The molecule has 5 aromatic rings. The van der Waals surface area contributed by atoms with Gasteiger partial charge in [0, 0.05) is 53.3 Å². The summed E-state index contributed by atoms with van der Waals surface area (Å²) >= 11 is 0. The van der Waals surface area contributed by atoms with Gasteiger partial charge in [-0.1, -0.05) is 55.0 Å². The SMILES string of the molecule is CCc1c(-c2ccc(C(F)F)nc2)c2cc(-c3ccc(CN4CCCC(O)C4)cc3)cnc2n1S(=O)(=O)c1ccc(C)cc1. The Labute approximate surface area is 255 Å². The molecule has 0 aliphatic carbocycles. The van der Waals surface area contributed by atoms with Gasteiger partial charge in [0.25, 0.3) is 16.4 Å². The molecule has 1 N–H and O–H groups in total. The maximum atomic E-state index is 14.1. The van der Waals surface area contributed by atoms with Crippen LogP contribution in [0.1, 0.15) is 48.7 Å². The van der Waals surface area contributed by atoms with E-state index in [2.05, 4.69) is 22.0 Å². The standard InChI is InChI=1S/C34H34F2N4O3S/c1-3-31-32(25-12-15-30(33(35)36)37-18-25)29-17-26(24-10-8-23(9-11-24)20-39-16-4-5-27(41)21-39)19-38-34(29)40(31)44(42,43)28-13-6-22(2)7-14-28/h6-15,17-19,27,33,41H,3-5,16,20-21H2,1-2H3. The Morgan fingerprint density at radius 2 is 1.66 bits per heavy atom. The molecule has 1 saturated heterocycles. The molecule has 0 spiro atoms. The summed E-state index contributed by atoms with van der Waals surface area (Å²) in [6.07, 6.45) is 2.21. The van der Waals surface area contributed by atoms with E-state index in [9.17, 15) is 22.3 Å². The number of hydrogen-bond donors (Lipinski definition) is 1. The highest BCUT2D eigenvalue weighted by Crippen LogP contribution is 2.39. The number of likely N-dealkylation sites (tertiary alicyclic amines) is 1. The van der Waals surface area contributed by atoms with Crippen LogP contribution in [0.2, 0.25) is 0 Å². The molecule has 1 atom stereocenters. The van der Waals surface area contributed by atoms with Gasteiger partial charge in [0.05, 0.1) is 11.0 Å². The normalized spacial score (nSPS) is 16.2. The van der Waals surface area contributed by atoms with Crippen LogP contribution in [-0.2, 0) is 23.0 Å². The van der Waals surface area contributed by atoms with Crippen molar-refractivity contribution >= 4 is 21.1 Å². The number of aryl methyl sites for hydroxylation is 1. The second-order valence-electron chi connectivity index (χ2n) is 11.4. The molecule has 1 aliphatic rings. The Balaban J connectivity index is 1.47. The number of pyridine rings is 2. The third kappa shape index (κ3) is 5.77. The van der Waals surface area contributed by atoms with E-state index in [0.717, 1.165) is 48.2 Å². The van der Waals surface area contributed by atoms with Gasteiger partial charge in [0.15, 0.2) is 5.65 Å². The number of aliphatic hydroxyl groups excluding tert-OH is 1. The molecule has 0 bridgehead atoms. The first-order valence-corrected chi connectivity index (χ1v) is 16.2. The van der Waals surface area contributed by atoms with Gasteiger partial charge in [0.2, 0.25) is 0 Å². The van der Waals surface area contributed by atoms with Gasteiger partial charge in [0.1, 0.15) is 5.69 Å². The summed E-state index contributed by atoms with van der Waals surface area (Å²) in [7, 11) is -4.04. The van der Waals surface area contributed by atoms with Crippen molar-refractivity contribution < 1.29 is 22.3 Å². The number of aliphatic hydroxyl groups is 1. The van der Waals surface area contributed by atoms with E-state index < -0.39 is 16.4 Å². The first-order valence-electron chi connectivity index (χ1n) is 14.8. The molecular formula is C34H34F2N4O3S. The van der Waals surface area contributed by atoms with Crippen molar-refractivity contribution in [2.45, 2.75) is 57.1 Å². The predicted molar refractivity (Wildman–Crippen MR) is 167 cm³/mol. The summed E-state index contributed by atoms with van der Waals surface area (Å²) in [5, 5.41) is 10.6. The van der Waals surface area contributed by atoms with E-state index in [1.54, 1.807) is 36.5 Å². The van der Waals surface area contributed by atoms with Crippen molar-refractivity contribution in [1.29, 1.82) is 0 Å². The molecular weight excluding hydrogens is 582 g/mol. The van der Waals surface area contributed by atoms with Crippen LogP contribution < -0.4 is 0 Å². The van der Waals surface area contributed by atoms with E-state index in [1.165, 1.54) is 16.2 Å². The molecule has 3 aromatic heterocycles. The average molecular weight is 617 g/mol.